The van der Waals surface area contributed by atoms with Crippen LogP contribution in [-0.4, -0.2) is 25.4 Å². The van der Waals surface area contributed by atoms with Crippen molar-refractivity contribution >= 4 is 17.5 Å². The standard InChI is InChI=1S/C14H18N2O2/c1-10(17)15-9-5-7-12-11-6-3-4-8-13(11)16(2)14(12)18/h3-4,6,8,12H,5,7,9H2,1-2H3,(H,15,17). The Kier molecular flexibility index (Phi) is 3.65. The minimum atomic E-state index is -0.0556. The van der Waals surface area contributed by atoms with Crippen molar-refractivity contribution in [3.63, 3.8) is 0 Å². The van der Waals surface area contributed by atoms with Gasteiger partial charge in [-0.1, -0.05) is 18.2 Å². The quantitative estimate of drug-likeness (QED) is 0.821. The third-order valence-electron chi connectivity index (χ3n) is 3.35. The van der Waals surface area contributed by atoms with Gasteiger partial charge in [0.15, 0.2) is 0 Å². The van der Waals surface area contributed by atoms with Crippen LogP contribution in [0.2, 0.25) is 0 Å². The molecule has 96 valence electrons. The van der Waals surface area contributed by atoms with Gasteiger partial charge in [-0.2, -0.15) is 0 Å². The average Bonchev–Trinajstić information content (AvgIpc) is 2.59. The van der Waals surface area contributed by atoms with Crippen LogP contribution in [0.4, 0.5) is 5.69 Å². The number of likely N-dealkylation sites (N-methyl/N-ethyl adjacent to an activating group) is 1. The van der Waals surface area contributed by atoms with Crippen molar-refractivity contribution in [2.75, 3.05) is 18.5 Å². The second-order valence-corrected chi connectivity index (χ2v) is 4.63. The lowest BCUT2D eigenvalue weighted by Crippen LogP contribution is -2.25. The molecule has 0 aromatic heterocycles. The predicted molar refractivity (Wildman–Crippen MR) is 70.5 cm³/mol. The molecule has 0 saturated heterocycles. The van der Waals surface area contributed by atoms with Crippen LogP contribution in [0.3, 0.4) is 0 Å². The van der Waals surface area contributed by atoms with E-state index in [4.69, 9.17) is 0 Å². The molecule has 4 nitrogen and oxygen atoms in total. The molecule has 1 heterocycles. The number of benzene rings is 1. The minimum Gasteiger partial charge on any atom is -0.356 e. The topological polar surface area (TPSA) is 49.4 Å². The number of fused-ring (bicyclic) bond motifs is 1. The molecule has 4 heteroatoms. The highest BCUT2D eigenvalue weighted by Gasteiger charge is 2.33. The van der Waals surface area contributed by atoms with Gasteiger partial charge in [-0.15, -0.1) is 0 Å². The van der Waals surface area contributed by atoms with Crippen molar-refractivity contribution in [1.29, 1.82) is 0 Å². The lowest BCUT2D eigenvalue weighted by Gasteiger charge is -2.11. The van der Waals surface area contributed by atoms with Crippen LogP contribution in [0, 0.1) is 0 Å². The number of hydrogen-bond acceptors (Lipinski definition) is 2. The van der Waals surface area contributed by atoms with Gasteiger partial charge in [-0.3, -0.25) is 9.59 Å². The van der Waals surface area contributed by atoms with Crippen molar-refractivity contribution in [2.24, 2.45) is 0 Å². The van der Waals surface area contributed by atoms with E-state index >= 15 is 0 Å². The van der Waals surface area contributed by atoms with Crippen LogP contribution in [0.25, 0.3) is 0 Å². The number of hydrogen-bond donors (Lipinski definition) is 1. The normalized spacial score (nSPS) is 17.8. The van der Waals surface area contributed by atoms with E-state index in [1.807, 2.05) is 31.3 Å². The number of carbonyl (C=O) groups excluding carboxylic acids is 2. The molecule has 0 fully saturated rings. The molecule has 1 N–H and O–H groups in total. The Morgan fingerprint density at radius 1 is 1.39 bits per heavy atom. The van der Waals surface area contributed by atoms with Gasteiger partial charge < -0.3 is 10.2 Å². The first-order valence-electron chi connectivity index (χ1n) is 6.22. The van der Waals surface area contributed by atoms with Crippen LogP contribution in [0.15, 0.2) is 24.3 Å². The van der Waals surface area contributed by atoms with Gasteiger partial charge in [0.05, 0.1) is 5.92 Å². The second kappa shape index (κ2) is 5.21. The molecule has 0 radical (unpaired) electrons. The zero-order chi connectivity index (χ0) is 13.1. The molecule has 1 unspecified atom stereocenters. The lowest BCUT2D eigenvalue weighted by molar-refractivity contribution is -0.119. The highest BCUT2D eigenvalue weighted by atomic mass is 16.2. The van der Waals surface area contributed by atoms with Gasteiger partial charge in [0.1, 0.15) is 0 Å². The van der Waals surface area contributed by atoms with Crippen molar-refractivity contribution in [3.05, 3.63) is 29.8 Å². The van der Waals surface area contributed by atoms with E-state index in [0.29, 0.717) is 6.54 Å². The smallest absolute Gasteiger partial charge is 0.234 e. The number of rotatable bonds is 4. The molecule has 1 aromatic carbocycles. The second-order valence-electron chi connectivity index (χ2n) is 4.63. The molecule has 1 aliphatic heterocycles. The van der Waals surface area contributed by atoms with Crippen molar-refractivity contribution in [3.8, 4) is 0 Å². The van der Waals surface area contributed by atoms with Gasteiger partial charge in [-0.25, -0.2) is 0 Å². The van der Waals surface area contributed by atoms with Crippen molar-refractivity contribution < 1.29 is 9.59 Å². The molecule has 2 rings (SSSR count). The Balaban J connectivity index is 2.01. The highest BCUT2D eigenvalue weighted by Crippen LogP contribution is 2.38. The first-order valence-corrected chi connectivity index (χ1v) is 6.22. The fourth-order valence-electron chi connectivity index (χ4n) is 2.42. The summed E-state index contributed by atoms with van der Waals surface area (Å²) in [6, 6.07) is 7.90. The summed E-state index contributed by atoms with van der Waals surface area (Å²) in [7, 11) is 1.81. The Morgan fingerprint density at radius 3 is 2.83 bits per heavy atom. The zero-order valence-electron chi connectivity index (χ0n) is 10.8. The molecule has 0 spiro atoms. The fraction of sp³-hybridized carbons (Fsp3) is 0.429. The van der Waals surface area contributed by atoms with E-state index in [0.717, 1.165) is 24.1 Å². The maximum atomic E-state index is 12.1. The molecular formula is C14H18N2O2. The Bertz CT molecular complexity index is 471. The van der Waals surface area contributed by atoms with Crippen LogP contribution >= 0.6 is 0 Å². The molecule has 0 aliphatic carbocycles. The van der Waals surface area contributed by atoms with E-state index in [-0.39, 0.29) is 17.7 Å². The van der Waals surface area contributed by atoms with Crippen LogP contribution in [-0.2, 0) is 9.59 Å². The Hall–Kier alpha value is -1.84. The van der Waals surface area contributed by atoms with Gasteiger partial charge in [0.2, 0.25) is 11.8 Å². The summed E-state index contributed by atoms with van der Waals surface area (Å²) >= 11 is 0. The maximum Gasteiger partial charge on any atom is 0.234 e. The monoisotopic (exact) mass is 246 g/mol. The van der Waals surface area contributed by atoms with Gasteiger partial charge >= 0.3 is 0 Å². The van der Waals surface area contributed by atoms with E-state index in [1.165, 1.54) is 6.92 Å². The molecule has 2 amide bonds. The minimum absolute atomic E-state index is 0.0229. The maximum absolute atomic E-state index is 12.1. The molecule has 1 aromatic rings. The van der Waals surface area contributed by atoms with Crippen LogP contribution in [0.5, 0.6) is 0 Å². The summed E-state index contributed by atoms with van der Waals surface area (Å²) < 4.78 is 0. The average molecular weight is 246 g/mol. The van der Waals surface area contributed by atoms with Crippen molar-refractivity contribution in [1.82, 2.24) is 5.32 Å². The Labute approximate surface area is 107 Å². The zero-order valence-corrected chi connectivity index (χ0v) is 10.8. The van der Waals surface area contributed by atoms with E-state index in [2.05, 4.69) is 5.32 Å². The molecule has 0 bridgehead atoms. The lowest BCUT2D eigenvalue weighted by atomic mass is 9.96. The summed E-state index contributed by atoms with van der Waals surface area (Å²) in [4.78, 5) is 24.6. The largest absolute Gasteiger partial charge is 0.356 e. The Morgan fingerprint density at radius 2 is 2.11 bits per heavy atom. The molecular weight excluding hydrogens is 228 g/mol. The van der Waals surface area contributed by atoms with E-state index in [9.17, 15) is 9.59 Å². The van der Waals surface area contributed by atoms with Crippen LogP contribution < -0.4 is 10.2 Å². The van der Waals surface area contributed by atoms with Crippen molar-refractivity contribution in [2.45, 2.75) is 25.7 Å². The van der Waals surface area contributed by atoms with Crippen LogP contribution in [0.1, 0.15) is 31.2 Å². The summed E-state index contributed by atoms with van der Waals surface area (Å²) in [5.41, 5.74) is 2.11. The molecule has 18 heavy (non-hydrogen) atoms. The molecule has 0 saturated carbocycles. The number of anilines is 1. The number of amides is 2. The fourth-order valence-corrected chi connectivity index (χ4v) is 2.42. The van der Waals surface area contributed by atoms with E-state index < -0.39 is 0 Å². The molecule has 1 aliphatic rings. The number of nitrogens with zero attached hydrogens (tertiary/aromatic N) is 1. The van der Waals surface area contributed by atoms with E-state index in [1.54, 1.807) is 4.90 Å². The highest BCUT2D eigenvalue weighted by molar-refractivity contribution is 6.04. The van der Waals surface area contributed by atoms with Gasteiger partial charge in [0.25, 0.3) is 0 Å². The first kappa shape index (κ1) is 12.6. The third-order valence-corrected chi connectivity index (χ3v) is 3.35. The molecule has 1 atom stereocenters. The number of nitrogens with one attached hydrogen (secondary N) is 1. The number of para-hydroxylation sites is 1. The summed E-state index contributed by atoms with van der Waals surface area (Å²) in [6.07, 6.45) is 1.60. The van der Waals surface area contributed by atoms with Gasteiger partial charge in [-0.05, 0) is 24.5 Å². The third kappa shape index (κ3) is 2.37. The number of carbonyl (C=O) groups is 2. The summed E-state index contributed by atoms with van der Waals surface area (Å²) in [5.74, 6) is 0.0734. The van der Waals surface area contributed by atoms with Gasteiger partial charge in [0, 0.05) is 26.2 Å². The first-order chi connectivity index (χ1) is 8.61. The SMILES string of the molecule is CC(=O)NCCCC1C(=O)N(C)c2ccccc21. The predicted octanol–water partition coefficient (Wildman–Crippen LogP) is 1.66. The summed E-state index contributed by atoms with van der Waals surface area (Å²) in [5, 5.41) is 2.76. The summed E-state index contributed by atoms with van der Waals surface area (Å²) in [6.45, 7) is 2.13.